The van der Waals surface area contributed by atoms with Crippen molar-refractivity contribution >= 4 is 15.9 Å². The smallest absolute Gasteiger partial charge is 0.223 e. The lowest BCUT2D eigenvalue weighted by molar-refractivity contribution is -0.126. The van der Waals surface area contributed by atoms with Gasteiger partial charge in [-0.25, -0.2) is 17.4 Å². The maximum absolute atomic E-state index is 12.3. The summed E-state index contributed by atoms with van der Waals surface area (Å²) in [5.41, 5.74) is 2.06. The molecule has 1 fully saturated rings. The van der Waals surface area contributed by atoms with Crippen LogP contribution in [-0.2, 0) is 21.2 Å². The van der Waals surface area contributed by atoms with Gasteiger partial charge in [0.1, 0.15) is 0 Å². The Balaban J connectivity index is 1.44. The van der Waals surface area contributed by atoms with Crippen molar-refractivity contribution in [3.05, 3.63) is 48.3 Å². The lowest BCUT2D eigenvalue weighted by Crippen LogP contribution is -2.43. The molecule has 1 aromatic carbocycles. The Hall–Kier alpha value is -2.19. The van der Waals surface area contributed by atoms with Gasteiger partial charge in [-0.15, -0.1) is 0 Å². The van der Waals surface area contributed by atoms with Gasteiger partial charge in [-0.1, -0.05) is 18.2 Å². The van der Waals surface area contributed by atoms with Crippen LogP contribution in [0.3, 0.4) is 0 Å². The molecule has 1 aliphatic heterocycles. The fraction of sp³-hybridized carbons (Fsp3) is 0.474. The van der Waals surface area contributed by atoms with E-state index >= 15 is 0 Å². The van der Waals surface area contributed by atoms with Crippen LogP contribution < -0.4 is 5.32 Å². The van der Waals surface area contributed by atoms with Crippen LogP contribution in [0.5, 0.6) is 0 Å². The minimum Gasteiger partial charge on any atom is -0.356 e. The number of amides is 1. The molecule has 0 unspecified atom stereocenters. The number of rotatable bonds is 7. The van der Waals surface area contributed by atoms with E-state index in [4.69, 9.17) is 0 Å². The molecule has 8 heteroatoms. The molecular formula is C19H26N4O3S. The molecule has 1 aromatic heterocycles. The third-order valence-corrected chi connectivity index (χ3v) is 6.83. The van der Waals surface area contributed by atoms with Gasteiger partial charge in [-0.05, 0) is 43.9 Å². The maximum Gasteiger partial charge on any atom is 0.223 e. The highest BCUT2D eigenvalue weighted by Crippen LogP contribution is 2.20. The molecule has 1 aliphatic rings. The highest BCUT2D eigenvalue weighted by Gasteiger charge is 2.29. The van der Waals surface area contributed by atoms with Crippen molar-refractivity contribution in [1.29, 1.82) is 0 Å². The summed E-state index contributed by atoms with van der Waals surface area (Å²) in [6.07, 6.45) is 5.65. The number of hydrogen-bond donors (Lipinski definition) is 1. The Bertz CT molecular complexity index is 856. The zero-order valence-electron chi connectivity index (χ0n) is 15.5. The highest BCUT2D eigenvalue weighted by atomic mass is 32.2. The number of piperidine rings is 1. The molecule has 0 aliphatic carbocycles. The third-order valence-electron chi connectivity index (χ3n) is 4.95. The summed E-state index contributed by atoms with van der Waals surface area (Å²) in [7, 11) is -3.15. The van der Waals surface area contributed by atoms with Gasteiger partial charge in [0.15, 0.2) is 0 Å². The average molecular weight is 391 g/mol. The summed E-state index contributed by atoms with van der Waals surface area (Å²) >= 11 is 0. The second-order valence-electron chi connectivity index (χ2n) is 6.74. The Morgan fingerprint density at radius 1 is 1.22 bits per heavy atom. The van der Waals surface area contributed by atoms with Crippen molar-refractivity contribution in [3.8, 4) is 5.69 Å². The van der Waals surface area contributed by atoms with E-state index in [2.05, 4.69) is 10.4 Å². The number of nitrogens with one attached hydrogen (secondary N) is 1. The first kappa shape index (κ1) is 19.6. The first-order chi connectivity index (χ1) is 13.0. The van der Waals surface area contributed by atoms with Gasteiger partial charge in [0.05, 0.1) is 17.6 Å². The Morgan fingerprint density at radius 2 is 1.93 bits per heavy atom. The number of para-hydroxylation sites is 1. The van der Waals surface area contributed by atoms with Crippen molar-refractivity contribution in [1.82, 2.24) is 19.4 Å². The number of carbonyl (C=O) groups excluding carboxylic acids is 1. The number of carbonyl (C=O) groups is 1. The Kier molecular flexibility index (Phi) is 6.28. The molecule has 3 rings (SSSR count). The lowest BCUT2D eigenvalue weighted by Gasteiger charge is -2.30. The Morgan fingerprint density at radius 3 is 2.59 bits per heavy atom. The Labute approximate surface area is 160 Å². The van der Waals surface area contributed by atoms with Crippen molar-refractivity contribution in [2.24, 2.45) is 5.92 Å². The summed E-state index contributed by atoms with van der Waals surface area (Å²) in [6, 6.07) is 9.88. The molecule has 27 heavy (non-hydrogen) atoms. The van der Waals surface area contributed by atoms with E-state index in [9.17, 15) is 13.2 Å². The predicted octanol–water partition coefficient (Wildman–Crippen LogP) is 1.59. The maximum atomic E-state index is 12.3. The van der Waals surface area contributed by atoms with Crippen LogP contribution in [-0.4, -0.2) is 53.8 Å². The van der Waals surface area contributed by atoms with Crippen LogP contribution in [0.2, 0.25) is 0 Å². The van der Waals surface area contributed by atoms with Gasteiger partial charge in [0, 0.05) is 31.7 Å². The normalized spacial score (nSPS) is 16.3. The predicted molar refractivity (Wildman–Crippen MR) is 104 cm³/mol. The van der Waals surface area contributed by atoms with Gasteiger partial charge in [0.25, 0.3) is 0 Å². The average Bonchev–Trinajstić information content (AvgIpc) is 3.17. The summed E-state index contributed by atoms with van der Waals surface area (Å²) in [6.45, 7) is 3.05. The van der Waals surface area contributed by atoms with Crippen LogP contribution in [0.1, 0.15) is 25.3 Å². The molecule has 2 aromatic rings. The largest absolute Gasteiger partial charge is 0.356 e. The van der Waals surface area contributed by atoms with Crippen LogP contribution in [0, 0.1) is 5.92 Å². The zero-order valence-corrected chi connectivity index (χ0v) is 16.4. The molecule has 1 saturated heterocycles. The van der Waals surface area contributed by atoms with E-state index in [0.29, 0.717) is 38.9 Å². The van der Waals surface area contributed by atoms with Crippen LogP contribution in [0.25, 0.3) is 5.69 Å². The standard InChI is InChI=1S/C19H26N4O3S/c1-2-27(25,26)22-12-9-17(10-13-22)19(24)20-11-8-16-14-21-23(15-16)18-6-4-3-5-7-18/h3-7,14-15,17H,2,8-13H2,1H3,(H,20,24). The number of hydrogen-bond acceptors (Lipinski definition) is 4. The SMILES string of the molecule is CCS(=O)(=O)N1CCC(C(=O)NCCc2cnn(-c3ccccc3)c2)CC1. The van der Waals surface area contributed by atoms with Gasteiger partial charge in [-0.3, -0.25) is 4.79 Å². The minimum absolute atomic E-state index is 0.0130. The van der Waals surface area contributed by atoms with E-state index in [-0.39, 0.29) is 17.6 Å². The second kappa shape index (κ2) is 8.67. The fourth-order valence-electron chi connectivity index (χ4n) is 3.26. The van der Waals surface area contributed by atoms with Crippen LogP contribution in [0.15, 0.2) is 42.7 Å². The summed E-state index contributed by atoms with van der Waals surface area (Å²) < 4.78 is 27.1. The minimum atomic E-state index is -3.15. The van der Waals surface area contributed by atoms with E-state index in [0.717, 1.165) is 11.3 Å². The van der Waals surface area contributed by atoms with E-state index in [1.807, 2.05) is 47.4 Å². The van der Waals surface area contributed by atoms with Crippen molar-refractivity contribution in [2.75, 3.05) is 25.4 Å². The molecule has 1 N–H and O–H groups in total. The number of nitrogens with zero attached hydrogens (tertiary/aromatic N) is 3. The second-order valence-corrected chi connectivity index (χ2v) is 9.00. The molecule has 0 spiro atoms. The van der Waals surface area contributed by atoms with E-state index in [1.54, 1.807) is 6.92 Å². The third kappa shape index (κ3) is 4.95. The monoisotopic (exact) mass is 390 g/mol. The summed E-state index contributed by atoms with van der Waals surface area (Å²) in [5.74, 6) is 0.0138. The molecule has 0 atom stereocenters. The highest BCUT2D eigenvalue weighted by molar-refractivity contribution is 7.89. The van der Waals surface area contributed by atoms with Crippen LogP contribution >= 0.6 is 0 Å². The first-order valence-electron chi connectivity index (χ1n) is 9.34. The lowest BCUT2D eigenvalue weighted by atomic mass is 9.97. The van der Waals surface area contributed by atoms with E-state index < -0.39 is 10.0 Å². The van der Waals surface area contributed by atoms with Gasteiger partial charge in [-0.2, -0.15) is 5.10 Å². The molecule has 0 saturated carbocycles. The number of benzene rings is 1. The molecule has 7 nitrogen and oxygen atoms in total. The molecule has 2 heterocycles. The number of aromatic nitrogens is 2. The van der Waals surface area contributed by atoms with Crippen molar-refractivity contribution in [3.63, 3.8) is 0 Å². The van der Waals surface area contributed by atoms with Gasteiger partial charge >= 0.3 is 0 Å². The quantitative estimate of drug-likeness (QED) is 0.778. The molecular weight excluding hydrogens is 364 g/mol. The summed E-state index contributed by atoms with van der Waals surface area (Å²) in [5, 5.41) is 7.33. The topological polar surface area (TPSA) is 84.3 Å². The van der Waals surface area contributed by atoms with E-state index in [1.165, 1.54) is 4.31 Å². The molecule has 0 radical (unpaired) electrons. The zero-order chi connectivity index (χ0) is 19.3. The first-order valence-corrected chi connectivity index (χ1v) is 10.9. The van der Waals surface area contributed by atoms with Gasteiger partial charge < -0.3 is 5.32 Å². The number of sulfonamides is 1. The van der Waals surface area contributed by atoms with Crippen LogP contribution in [0.4, 0.5) is 0 Å². The molecule has 0 bridgehead atoms. The molecule has 1 amide bonds. The molecule has 146 valence electrons. The van der Waals surface area contributed by atoms with Gasteiger partial charge in [0.2, 0.25) is 15.9 Å². The fourth-order valence-corrected chi connectivity index (χ4v) is 4.40. The summed E-state index contributed by atoms with van der Waals surface area (Å²) in [4.78, 5) is 12.3. The van der Waals surface area contributed by atoms with Crippen molar-refractivity contribution in [2.45, 2.75) is 26.2 Å². The van der Waals surface area contributed by atoms with Crippen molar-refractivity contribution < 1.29 is 13.2 Å².